The van der Waals surface area contributed by atoms with Crippen molar-refractivity contribution in [2.24, 2.45) is 0 Å². The van der Waals surface area contributed by atoms with E-state index in [2.05, 4.69) is 16.6 Å². The molecule has 17 heavy (non-hydrogen) atoms. The molecule has 1 rings (SSSR count). The van der Waals surface area contributed by atoms with Crippen LogP contribution < -0.4 is 10.1 Å². The number of nitrogens with one attached hydrogen (secondary N) is 1. The van der Waals surface area contributed by atoms with Crippen molar-refractivity contribution in [2.75, 3.05) is 19.5 Å². The average molecular weight is 235 g/mol. The largest absolute Gasteiger partial charge is 0.497 e. The Morgan fingerprint density at radius 2 is 2.06 bits per heavy atom. The van der Waals surface area contributed by atoms with Crippen LogP contribution in [0.2, 0.25) is 0 Å². The van der Waals surface area contributed by atoms with Gasteiger partial charge in [-0.05, 0) is 24.3 Å². The monoisotopic (exact) mass is 235 g/mol. The molecular formula is C12H13NO4. The Morgan fingerprint density at radius 1 is 1.35 bits per heavy atom. The van der Waals surface area contributed by atoms with Crippen LogP contribution in [-0.2, 0) is 9.53 Å². The summed E-state index contributed by atoms with van der Waals surface area (Å²) >= 11 is 0. The van der Waals surface area contributed by atoms with E-state index >= 15 is 0 Å². The smallest absolute Gasteiger partial charge is 0.340 e. The SMILES string of the molecule is C=CC(=O)Nc1ccc(OC)cc1C(=O)OC. The molecule has 0 aliphatic carbocycles. The van der Waals surface area contributed by atoms with Crippen molar-refractivity contribution in [2.45, 2.75) is 0 Å². The highest BCUT2D eigenvalue weighted by Crippen LogP contribution is 2.22. The summed E-state index contributed by atoms with van der Waals surface area (Å²) in [5.74, 6) is -0.453. The minimum Gasteiger partial charge on any atom is -0.497 e. The number of anilines is 1. The van der Waals surface area contributed by atoms with Crippen molar-refractivity contribution in [3.63, 3.8) is 0 Å². The van der Waals surface area contributed by atoms with Crippen LogP contribution in [0.25, 0.3) is 0 Å². The van der Waals surface area contributed by atoms with Gasteiger partial charge in [-0.15, -0.1) is 0 Å². The first kappa shape index (κ1) is 12.8. The van der Waals surface area contributed by atoms with Crippen LogP contribution in [0.4, 0.5) is 5.69 Å². The molecule has 5 nitrogen and oxygen atoms in total. The lowest BCUT2D eigenvalue weighted by molar-refractivity contribution is -0.111. The fourth-order valence-corrected chi connectivity index (χ4v) is 1.22. The van der Waals surface area contributed by atoms with Gasteiger partial charge in [-0.1, -0.05) is 6.58 Å². The molecule has 0 aliphatic heterocycles. The standard InChI is InChI=1S/C12H13NO4/c1-4-11(14)13-10-6-5-8(16-2)7-9(10)12(15)17-3/h4-7H,1H2,2-3H3,(H,13,14). The molecule has 0 radical (unpaired) electrons. The predicted octanol–water partition coefficient (Wildman–Crippen LogP) is 1.61. The zero-order valence-electron chi connectivity index (χ0n) is 9.65. The second-order valence-corrected chi connectivity index (χ2v) is 3.10. The van der Waals surface area contributed by atoms with Crippen LogP contribution in [0.15, 0.2) is 30.9 Å². The van der Waals surface area contributed by atoms with Gasteiger partial charge in [0.25, 0.3) is 0 Å². The van der Waals surface area contributed by atoms with Crippen LogP contribution in [0.3, 0.4) is 0 Å². The molecule has 1 amide bonds. The van der Waals surface area contributed by atoms with E-state index in [1.165, 1.54) is 20.3 Å². The summed E-state index contributed by atoms with van der Waals surface area (Å²) in [6.07, 6.45) is 1.12. The maximum atomic E-state index is 11.5. The quantitative estimate of drug-likeness (QED) is 0.636. The van der Waals surface area contributed by atoms with Gasteiger partial charge in [-0.3, -0.25) is 4.79 Å². The van der Waals surface area contributed by atoms with Crippen LogP contribution in [0, 0.1) is 0 Å². The summed E-state index contributed by atoms with van der Waals surface area (Å²) in [5.41, 5.74) is 0.574. The third-order valence-corrected chi connectivity index (χ3v) is 2.08. The molecule has 90 valence electrons. The summed E-state index contributed by atoms with van der Waals surface area (Å²) in [4.78, 5) is 22.7. The first-order valence-electron chi connectivity index (χ1n) is 4.82. The molecule has 0 aliphatic rings. The highest BCUT2D eigenvalue weighted by molar-refractivity contribution is 6.04. The lowest BCUT2D eigenvalue weighted by Gasteiger charge is -2.10. The molecule has 0 heterocycles. The summed E-state index contributed by atoms with van der Waals surface area (Å²) in [7, 11) is 2.75. The van der Waals surface area contributed by atoms with Crippen LogP contribution in [0.1, 0.15) is 10.4 Å². The van der Waals surface area contributed by atoms with Crippen LogP contribution in [0.5, 0.6) is 5.75 Å². The number of ether oxygens (including phenoxy) is 2. The number of benzene rings is 1. The van der Waals surface area contributed by atoms with Gasteiger partial charge < -0.3 is 14.8 Å². The second-order valence-electron chi connectivity index (χ2n) is 3.10. The maximum Gasteiger partial charge on any atom is 0.340 e. The van der Waals surface area contributed by atoms with Crippen LogP contribution in [-0.4, -0.2) is 26.1 Å². The van der Waals surface area contributed by atoms with E-state index in [9.17, 15) is 9.59 Å². The summed E-state index contributed by atoms with van der Waals surface area (Å²) < 4.78 is 9.62. The van der Waals surface area contributed by atoms with E-state index in [1.54, 1.807) is 12.1 Å². The minimum atomic E-state index is -0.553. The minimum absolute atomic E-state index is 0.224. The number of hydrogen-bond acceptors (Lipinski definition) is 4. The molecule has 0 bridgehead atoms. The molecule has 0 aromatic heterocycles. The number of carbonyl (C=O) groups is 2. The molecule has 0 spiro atoms. The number of amides is 1. The molecule has 0 unspecified atom stereocenters. The van der Waals surface area contributed by atoms with Gasteiger partial charge in [0.2, 0.25) is 5.91 Å². The number of carbonyl (C=O) groups excluding carboxylic acids is 2. The van der Waals surface area contributed by atoms with E-state index in [4.69, 9.17) is 4.74 Å². The third-order valence-electron chi connectivity index (χ3n) is 2.08. The van der Waals surface area contributed by atoms with Gasteiger partial charge in [0.15, 0.2) is 0 Å². The number of rotatable bonds is 4. The predicted molar refractivity (Wildman–Crippen MR) is 63.2 cm³/mol. The van der Waals surface area contributed by atoms with E-state index in [0.717, 1.165) is 6.08 Å². The van der Waals surface area contributed by atoms with Crippen molar-refractivity contribution in [1.29, 1.82) is 0 Å². The van der Waals surface area contributed by atoms with Crippen LogP contribution >= 0.6 is 0 Å². The first-order chi connectivity index (χ1) is 8.12. The van der Waals surface area contributed by atoms with Crippen molar-refractivity contribution in [1.82, 2.24) is 0 Å². The highest BCUT2D eigenvalue weighted by atomic mass is 16.5. The first-order valence-corrected chi connectivity index (χ1v) is 4.82. The van der Waals surface area contributed by atoms with Gasteiger partial charge in [0.1, 0.15) is 5.75 Å². The summed E-state index contributed by atoms with van der Waals surface area (Å²) in [5, 5.41) is 2.51. The van der Waals surface area contributed by atoms with Crippen molar-refractivity contribution in [3.8, 4) is 5.75 Å². The van der Waals surface area contributed by atoms with Gasteiger partial charge >= 0.3 is 5.97 Å². The number of methoxy groups -OCH3 is 2. The Labute approximate surface area is 99.0 Å². The Morgan fingerprint density at radius 3 is 2.59 bits per heavy atom. The van der Waals surface area contributed by atoms with E-state index < -0.39 is 11.9 Å². The Bertz CT molecular complexity index is 454. The van der Waals surface area contributed by atoms with Gasteiger partial charge in [-0.2, -0.15) is 0 Å². The van der Waals surface area contributed by atoms with Gasteiger partial charge in [0.05, 0.1) is 25.5 Å². The highest BCUT2D eigenvalue weighted by Gasteiger charge is 2.14. The molecule has 0 saturated carbocycles. The van der Waals surface area contributed by atoms with Gasteiger partial charge in [0, 0.05) is 0 Å². The zero-order valence-corrected chi connectivity index (χ0v) is 9.65. The van der Waals surface area contributed by atoms with Gasteiger partial charge in [-0.25, -0.2) is 4.79 Å². The second kappa shape index (κ2) is 5.69. The number of esters is 1. The third kappa shape index (κ3) is 3.07. The summed E-state index contributed by atoms with van der Waals surface area (Å²) in [6, 6.07) is 4.68. The van der Waals surface area contributed by atoms with Crippen molar-refractivity contribution >= 4 is 17.6 Å². The molecular weight excluding hydrogens is 222 g/mol. The Kier molecular flexibility index (Phi) is 4.28. The molecule has 0 fully saturated rings. The molecule has 1 N–H and O–H groups in total. The molecule has 0 atom stereocenters. The summed E-state index contributed by atoms with van der Waals surface area (Å²) in [6.45, 7) is 3.33. The fourth-order valence-electron chi connectivity index (χ4n) is 1.22. The molecule has 5 heteroatoms. The number of hydrogen-bond donors (Lipinski definition) is 1. The lowest BCUT2D eigenvalue weighted by atomic mass is 10.1. The van der Waals surface area contributed by atoms with Crippen molar-refractivity contribution < 1.29 is 19.1 Å². The van der Waals surface area contributed by atoms with E-state index in [1.807, 2.05) is 0 Å². The lowest BCUT2D eigenvalue weighted by Crippen LogP contribution is -2.12. The topological polar surface area (TPSA) is 64.6 Å². The average Bonchev–Trinajstić information content (AvgIpc) is 2.38. The van der Waals surface area contributed by atoms with Crippen molar-refractivity contribution in [3.05, 3.63) is 36.4 Å². The van der Waals surface area contributed by atoms with E-state index in [-0.39, 0.29) is 5.56 Å². The van der Waals surface area contributed by atoms with E-state index in [0.29, 0.717) is 11.4 Å². The Balaban J connectivity index is 3.14. The molecule has 1 aromatic rings. The Hall–Kier alpha value is -2.30. The normalized spacial score (nSPS) is 9.29. The molecule has 1 aromatic carbocycles. The molecule has 0 saturated heterocycles. The maximum absolute atomic E-state index is 11.5. The zero-order chi connectivity index (χ0) is 12.8. The fraction of sp³-hybridized carbons (Fsp3) is 0.167.